The maximum Gasteiger partial charge on any atom is 0.416 e. The molecule has 0 heterocycles. The van der Waals surface area contributed by atoms with Gasteiger partial charge in [0.15, 0.2) is 0 Å². The number of rotatable bonds is 4. The summed E-state index contributed by atoms with van der Waals surface area (Å²) < 4.78 is 42.8. The first-order valence-corrected chi connectivity index (χ1v) is 5.27. The van der Waals surface area contributed by atoms with Crippen LogP contribution in [0.3, 0.4) is 0 Å². The van der Waals surface area contributed by atoms with Crippen molar-refractivity contribution >= 4 is 12.2 Å². The molecule has 5 nitrogen and oxygen atoms in total. The Labute approximate surface area is 107 Å². The van der Waals surface area contributed by atoms with Crippen LogP contribution in [-0.4, -0.2) is 18.9 Å². The number of alkyl halides is 3. The number of urea groups is 1. The second kappa shape index (κ2) is 6.07. The molecule has 0 aliphatic heterocycles. The number of amides is 2. The van der Waals surface area contributed by atoms with Crippen LogP contribution in [0, 0.1) is 0 Å². The van der Waals surface area contributed by atoms with Crippen LogP contribution in [0.25, 0.3) is 0 Å². The molecular weight excluding hydrogens is 263 g/mol. The number of carbonyl (C=O) groups excluding carboxylic acids is 1. The summed E-state index contributed by atoms with van der Waals surface area (Å²) in [7, 11) is 0. The monoisotopic (exact) mass is 275 g/mol. The molecule has 0 saturated carbocycles. The van der Waals surface area contributed by atoms with Gasteiger partial charge in [-0.1, -0.05) is 0 Å². The van der Waals surface area contributed by atoms with Crippen molar-refractivity contribution in [1.29, 1.82) is 0 Å². The lowest BCUT2D eigenvalue weighted by Gasteiger charge is -2.11. The Kier molecular flexibility index (Phi) is 4.74. The summed E-state index contributed by atoms with van der Waals surface area (Å²) in [4.78, 5) is 10.4. The molecule has 0 aromatic heterocycles. The molecule has 0 atom stereocenters. The maximum absolute atomic E-state index is 12.6. The highest BCUT2D eigenvalue weighted by Crippen LogP contribution is 2.32. The fourth-order valence-corrected chi connectivity index (χ4v) is 1.28. The molecule has 0 aliphatic carbocycles. The number of nitrogens with two attached hydrogens (primary N) is 1. The minimum atomic E-state index is -4.47. The van der Waals surface area contributed by atoms with Gasteiger partial charge >= 0.3 is 12.2 Å². The van der Waals surface area contributed by atoms with E-state index in [1.54, 1.807) is 6.92 Å². The molecule has 104 valence electrons. The van der Waals surface area contributed by atoms with E-state index in [1.807, 2.05) is 5.43 Å². The van der Waals surface area contributed by atoms with E-state index in [2.05, 4.69) is 5.10 Å². The van der Waals surface area contributed by atoms with Gasteiger partial charge in [-0.3, -0.25) is 0 Å². The third-order valence-corrected chi connectivity index (χ3v) is 2.02. The summed E-state index contributed by atoms with van der Waals surface area (Å²) in [6, 6.07) is 2.06. The van der Waals surface area contributed by atoms with E-state index in [9.17, 15) is 18.0 Å². The minimum absolute atomic E-state index is 0.0884. The highest BCUT2D eigenvalue weighted by molar-refractivity contribution is 5.85. The van der Waals surface area contributed by atoms with Gasteiger partial charge in [0.25, 0.3) is 0 Å². The Morgan fingerprint density at radius 2 is 2.21 bits per heavy atom. The van der Waals surface area contributed by atoms with Gasteiger partial charge in [0.2, 0.25) is 0 Å². The lowest BCUT2D eigenvalue weighted by atomic mass is 10.1. The Bertz CT molecular complexity index is 487. The van der Waals surface area contributed by atoms with Gasteiger partial charge in [0, 0.05) is 5.56 Å². The van der Waals surface area contributed by atoms with E-state index in [0.29, 0.717) is 0 Å². The van der Waals surface area contributed by atoms with Crippen LogP contribution >= 0.6 is 0 Å². The quantitative estimate of drug-likeness (QED) is 0.652. The molecule has 0 unspecified atom stereocenters. The van der Waals surface area contributed by atoms with Crippen molar-refractivity contribution in [2.24, 2.45) is 10.8 Å². The highest BCUT2D eigenvalue weighted by atomic mass is 19.4. The van der Waals surface area contributed by atoms with Crippen molar-refractivity contribution in [2.75, 3.05) is 6.61 Å². The van der Waals surface area contributed by atoms with Crippen molar-refractivity contribution in [3.63, 3.8) is 0 Å². The van der Waals surface area contributed by atoms with Gasteiger partial charge in [-0.15, -0.1) is 0 Å². The van der Waals surface area contributed by atoms with Crippen LogP contribution in [0.2, 0.25) is 0 Å². The molecule has 1 aromatic rings. The Balaban J connectivity index is 3.08. The molecular formula is C11H12F3N3O2. The first kappa shape index (κ1) is 14.8. The van der Waals surface area contributed by atoms with E-state index in [1.165, 1.54) is 6.07 Å². The lowest BCUT2D eigenvalue weighted by molar-refractivity contribution is -0.137. The van der Waals surface area contributed by atoms with Crippen molar-refractivity contribution in [3.05, 3.63) is 29.3 Å². The molecule has 0 aliphatic rings. The summed E-state index contributed by atoms with van der Waals surface area (Å²) in [5, 5.41) is 3.41. The van der Waals surface area contributed by atoms with Crippen molar-refractivity contribution in [2.45, 2.75) is 13.1 Å². The topological polar surface area (TPSA) is 76.7 Å². The smallest absolute Gasteiger partial charge is 0.416 e. The van der Waals surface area contributed by atoms with E-state index in [-0.39, 0.29) is 17.9 Å². The molecule has 0 radical (unpaired) electrons. The van der Waals surface area contributed by atoms with Crippen LogP contribution in [-0.2, 0) is 6.18 Å². The normalized spacial score (nSPS) is 11.6. The number of ether oxygens (including phenoxy) is 1. The predicted molar refractivity (Wildman–Crippen MR) is 62.9 cm³/mol. The van der Waals surface area contributed by atoms with Crippen LogP contribution in [0.15, 0.2) is 23.3 Å². The van der Waals surface area contributed by atoms with Gasteiger partial charge in [0.05, 0.1) is 18.4 Å². The second-order valence-corrected chi connectivity index (χ2v) is 3.42. The van der Waals surface area contributed by atoms with Crippen LogP contribution in [0.4, 0.5) is 18.0 Å². The number of nitrogens with one attached hydrogen (secondary N) is 1. The molecule has 8 heteroatoms. The number of hydrogen-bond acceptors (Lipinski definition) is 3. The standard InChI is InChI=1S/C11H12F3N3O2/c1-2-19-9-4-3-8(11(12,13)14)5-7(9)6-16-17-10(15)18/h3-6H,2H2,1H3,(H3,15,17,18). The number of halogens is 3. The summed E-state index contributed by atoms with van der Waals surface area (Å²) in [6.07, 6.45) is -3.44. The fraction of sp³-hybridized carbons (Fsp3) is 0.273. The largest absolute Gasteiger partial charge is 0.493 e. The van der Waals surface area contributed by atoms with Crippen LogP contribution < -0.4 is 15.9 Å². The van der Waals surface area contributed by atoms with Gasteiger partial charge < -0.3 is 10.5 Å². The molecule has 19 heavy (non-hydrogen) atoms. The molecule has 1 rings (SSSR count). The molecule has 3 N–H and O–H groups in total. The van der Waals surface area contributed by atoms with Gasteiger partial charge in [0.1, 0.15) is 5.75 Å². The first-order valence-electron chi connectivity index (χ1n) is 5.27. The first-order chi connectivity index (χ1) is 8.84. The number of carbonyl (C=O) groups is 1. The SMILES string of the molecule is CCOc1ccc(C(F)(F)F)cc1C=NNC(N)=O. The van der Waals surface area contributed by atoms with Crippen molar-refractivity contribution in [1.82, 2.24) is 5.43 Å². The molecule has 1 aromatic carbocycles. The summed E-state index contributed by atoms with van der Waals surface area (Å²) >= 11 is 0. The second-order valence-electron chi connectivity index (χ2n) is 3.42. The summed E-state index contributed by atoms with van der Waals surface area (Å²) in [6.45, 7) is 1.98. The Morgan fingerprint density at radius 1 is 1.53 bits per heavy atom. The molecule has 0 fully saturated rings. The minimum Gasteiger partial charge on any atom is -0.493 e. The zero-order valence-corrected chi connectivity index (χ0v) is 9.99. The van der Waals surface area contributed by atoms with E-state index < -0.39 is 17.8 Å². The van der Waals surface area contributed by atoms with Crippen molar-refractivity contribution < 1.29 is 22.7 Å². The number of hydrogen-bond donors (Lipinski definition) is 2. The van der Waals surface area contributed by atoms with Crippen LogP contribution in [0.1, 0.15) is 18.1 Å². The number of hydrazone groups is 1. The van der Waals surface area contributed by atoms with E-state index in [4.69, 9.17) is 10.5 Å². The average molecular weight is 275 g/mol. The third kappa shape index (κ3) is 4.49. The molecule has 2 amide bonds. The van der Waals surface area contributed by atoms with E-state index in [0.717, 1.165) is 18.3 Å². The van der Waals surface area contributed by atoms with Crippen molar-refractivity contribution in [3.8, 4) is 5.75 Å². The summed E-state index contributed by atoms with van der Waals surface area (Å²) in [5.41, 5.74) is 5.92. The summed E-state index contributed by atoms with van der Waals surface area (Å²) in [5.74, 6) is 0.227. The highest BCUT2D eigenvalue weighted by Gasteiger charge is 2.31. The van der Waals surface area contributed by atoms with Gasteiger partial charge in [-0.05, 0) is 25.1 Å². The number of benzene rings is 1. The lowest BCUT2D eigenvalue weighted by Crippen LogP contribution is -2.24. The Hall–Kier alpha value is -2.25. The molecule has 0 spiro atoms. The van der Waals surface area contributed by atoms with Crippen LogP contribution in [0.5, 0.6) is 5.75 Å². The third-order valence-electron chi connectivity index (χ3n) is 2.02. The Morgan fingerprint density at radius 3 is 2.74 bits per heavy atom. The zero-order valence-electron chi connectivity index (χ0n) is 9.99. The van der Waals surface area contributed by atoms with Gasteiger partial charge in [-0.25, -0.2) is 10.2 Å². The zero-order chi connectivity index (χ0) is 14.5. The van der Waals surface area contributed by atoms with E-state index >= 15 is 0 Å². The molecule has 0 bridgehead atoms. The number of nitrogens with zero attached hydrogens (tertiary/aromatic N) is 1. The maximum atomic E-state index is 12.6. The molecule has 0 saturated heterocycles. The average Bonchev–Trinajstić information content (AvgIpc) is 2.29. The van der Waals surface area contributed by atoms with Gasteiger partial charge in [-0.2, -0.15) is 18.3 Å². The number of primary amides is 1. The fourth-order valence-electron chi connectivity index (χ4n) is 1.28. The predicted octanol–water partition coefficient (Wildman–Crippen LogP) is 2.11.